The Morgan fingerprint density at radius 2 is 2.26 bits per heavy atom. The predicted octanol–water partition coefficient (Wildman–Crippen LogP) is 2.93. The molecule has 0 radical (unpaired) electrons. The molecule has 1 aromatic heterocycles. The Bertz CT molecular complexity index is 543. The third kappa shape index (κ3) is 4.42. The van der Waals surface area contributed by atoms with Crippen LogP contribution < -0.4 is 0 Å². The number of likely N-dealkylation sites (tertiary alicyclic amines) is 1. The summed E-state index contributed by atoms with van der Waals surface area (Å²) in [7, 11) is 0. The Hall–Kier alpha value is -1.66. The first kappa shape index (κ1) is 17.7. The Labute approximate surface area is 140 Å². The Morgan fingerprint density at radius 1 is 1.48 bits per heavy atom. The van der Waals surface area contributed by atoms with Gasteiger partial charge in [0.05, 0.1) is 12.6 Å². The number of carbonyl (C=O) groups excluding carboxylic acids is 2. The number of hydrogen-bond donors (Lipinski definition) is 0. The van der Waals surface area contributed by atoms with Crippen molar-refractivity contribution in [3.05, 3.63) is 35.0 Å². The summed E-state index contributed by atoms with van der Waals surface area (Å²) in [5, 5.41) is 2.01. The second-order valence-corrected chi connectivity index (χ2v) is 6.53. The molecular formula is C17H23NO4S. The first-order chi connectivity index (χ1) is 11.0. The van der Waals surface area contributed by atoms with E-state index in [1.807, 2.05) is 22.4 Å². The summed E-state index contributed by atoms with van der Waals surface area (Å²) < 4.78 is 10.5. The lowest BCUT2D eigenvalue weighted by Crippen LogP contribution is -2.40. The second kappa shape index (κ2) is 8.26. The summed E-state index contributed by atoms with van der Waals surface area (Å²) in [5.41, 5.74) is 0. The molecule has 1 amide bonds. The van der Waals surface area contributed by atoms with E-state index >= 15 is 0 Å². The molecule has 1 aliphatic rings. The van der Waals surface area contributed by atoms with Crippen LogP contribution in [0.25, 0.3) is 0 Å². The van der Waals surface area contributed by atoms with Crippen molar-refractivity contribution in [2.75, 3.05) is 13.2 Å². The highest BCUT2D eigenvalue weighted by Gasteiger charge is 2.34. The van der Waals surface area contributed by atoms with Gasteiger partial charge in [-0.05, 0) is 38.1 Å². The molecule has 126 valence electrons. The molecule has 23 heavy (non-hydrogen) atoms. The second-order valence-electron chi connectivity index (χ2n) is 5.55. The molecule has 0 aliphatic carbocycles. The molecule has 0 N–H and O–H groups in total. The molecule has 1 aromatic rings. The molecule has 2 rings (SSSR count). The molecule has 3 atom stereocenters. The van der Waals surface area contributed by atoms with Gasteiger partial charge in [-0.25, -0.2) is 4.79 Å². The number of nitrogens with zero attached hydrogens (tertiary/aromatic N) is 1. The first-order valence-corrected chi connectivity index (χ1v) is 8.69. The monoisotopic (exact) mass is 337 g/mol. The standard InChI is InChI=1S/C17H23NO4S/c1-4-10-21-13(3)17(20)22-12(2)16(19)18-9-5-7-14(18)15-8-6-11-23-15/h4,6,8,11-14H,1,5,7,9-10H2,2-3H3. The third-order valence-electron chi connectivity index (χ3n) is 3.84. The lowest BCUT2D eigenvalue weighted by molar-refractivity contribution is -0.167. The van der Waals surface area contributed by atoms with Gasteiger partial charge in [-0.1, -0.05) is 12.1 Å². The van der Waals surface area contributed by atoms with Crippen LogP contribution in [-0.4, -0.2) is 42.1 Å². The van der Waals surface area contributed by atoms with Crippen molar-refractivity contribution in [3.8, 4) is 0 Å². The van der Waals surface area contributed by atoms with E-state index in [1.165, 1.54) is 4.88 Å². The fourth-order valence-electron chi connectivity index (χ4n) is 2.64. The van der Waals surface area contributed by atoms with E-state index in [1.54, 1.807) is 31.3 Å². The number of ether oxygens (including phenoxy) is 2. The SMILES string of the molecule is C=CCOC(C)C(=O)OC(C)C(=O)N1CCCC1c1cccs1. The summed E-state index contributed by atoms with van der Waals surface area (Å²) in [6.07, 6.45) is 1.96. The van der Waals surface area contributed by atoms with Gasteiger partial charge in [0.15, 0.2) is 12.2 Å². The zero-order chi connectivity index (χ0) is 16.8. The van der Waals surface area contributed by atoms with Crippen LogP contribution in [0.5, 0.6) is 0 Å². The summed E-state index contributed by atoms with van der Waals surface area (Å²) >= 11 is 1.65. The quantitative estimate of drug-likeness (QED) is 0.567. The molecule has 1 fully saturated rings. The van der Waals surface area contributed by atoms with E-state index in [4.69, 9.17) is 9.47 Å². The molecule has 3 unspecified atom stereocenters. The molecular weight excluding hydrogens is 314 g/mol. The van der Waals surface area contributed by atoms with E-state index in [-0.39, 0.29) is 18.6 Å². The minimum Gasteiger partial charge on any atom is -0.451 e. The minimum atomic E-state index is -0.808. The van der Waals surface area contributed by atoms with Crippen molar-refractivity contribution in [3.63, 3.8) is 0 Å². The van der Waals surface area contributed by atoms with Crippen molar-refractivity contribution in [1.82, 2.24) is 4.90 Å². The maximum absolute atomic E-state index is 12.6. The number of rotatable bonds is 7. The Kier molecular flexibility index (Phi) is 6.36. The van der Waals surface area contributed by atoms with Gasteiger partial charge in [0.2, 0.25) is 0 Å². The molecule has 2 heterocycles. The third-order valence-corrected chi connectivity index (χ3v) is 4.82. The van der Waals surface area contributed by atoms with Gasteiger partial charge >= 0.3 is 5.97 Å². The zero-order valence-corrected chi connectivity index (χ0v) is 14.4. The van der Waals surface area contributed by atoms with Crippen molar-refractivity contribution in [2.45, 2.75) is 44.9 Å². The number of esters is 1. The van der Waals surface area contributed by atoms with E-state index in [9.17, 15) is 9.59 Å². The average molecular weight is 337 g/mol. The van der Waals surface area contributed by atoms with Gasteiger partial charge in [-0.3, -0.25) is 4.79 Å². The fraction of sp³-hybridized carbons (Fsp3) is 0.529. The van der Waals surface area contributed by atoms with Crippen LogP contribution in [0.3, 0.4) is 0 Å². The van der Waals surface area contributed by atoms with Crippen LogP contribution in [0, 0.1) is 0 Å². The largest absolute Gasteiger partial charge is 0.451 e. The molecule has 0 spiro atoms. The van der Waals surface area contributed by atoms with E-state index in [2.05, 4.69) is 6.58 Å². The van der Waals surface area contributed by atoms with Gasteiger partial charge in [-0.2, -0.15) is 0 Å². The summed E-state index contributed by atoms with van der Waals surface area (Å²) in [4.78, 5) is 27.6. The van der Waals surface area contributed by atoms with Gasteiger partial charge < -0.3 is 14.4 Å². The molecule has 0 aromatic carbocycles. The van der Waals surface area contributed by atoms with Gasteiger partial charge in [0.25, 0.3) is 5.91 Å². The predicted molar refractivity (Wildman–Crippen MR) is 89.2 cm³/mol. The average Bonchev–Trinajstić information content (AvgIpc) is 3.21. The van der Waals surface area contributed by atoms with Crippen LogP contribution >= 0.6 is 11.3 Å². The Balaban J connectivity index is 1.93. The van der Waals surface area contributed by atoms with Crippen molar-refractivity contribution < 1.29 is 19.1 Å². The normalized spacial score (nSPS) is 20.1. The van der Waals surface area contributed by atoms with Gasteiger partial charge in [0.1, 0.15) is 0 Å². The highest BCUT2D eigenvalue weighted by molar-refractivity contribution is 7.10. The molecule has 0 saturated carbocycles. The lowest BCUT2D eigenvalue weighted by Gasteiger charge is -2.27. The number of carbonyl (C=O) groups is 2. The number of amides is 1. The number of hydrogen-bond acceptors (Lipinski definition) is 5. The first-order valence-electron chi connectivity index (χ1n) is 7.81. The summed E-state index contributed by atoms with van der Waals surface area (Å²) in [6.45, 7) is 7.72. The van der Waals surface area contributed by atoms with Crippen molar-refractivity contribution >= 4 is 23.2 Å². The molecule has 1 aliphatic heterocycles. The van der Waals surface area contributed by atoms with Crippen molar-refractivity contribution in [2.24, 2.45) is 0 Å². The topological polar surface area (TPSA) is 55.8 Å². The Morgan fingerprint density at radius 3 is 2.91 bits per heavy atom. The maximum atomic E-state index is 12.6. The molecule has 0 bridgehead atoms. The van der Waals surface area contributed by atoms with Gasteiger partial charge in [-0.15, -0.1) is 17.9 Å². The maximum Gasteiger partial charge on any atom is 0.335 e. The summed E-state index contributed by atoms with van der Waals surface area (Å²) in [5.74, 6) is -0.676. The van der Waals surface area contributed by atoms with Gasteiger partial charge in [0, 0.05) is 11.4 Å². The van der Waals surface area contributed by atoms with Crippen LogP contribution in [0.2, 0.25) is 0 Å². The van der Waals surface area contributed by atoms with E-state index < -0.39 is 18.2 Å². The van der Waals surface area contributed by atoms with Crippen LogP contribution in [0.15, 0.2) is 30.2 Å². The highest BCUT2D eigenvalue weighted by atomic mass is 32.1. The van der Waals surface area contributed by atoms with Crippen LogP contribution in [0.4, 0.5) is 0 Å². The van der Waals surface area contributed by atoms with E-state index in [0.717, 1.165) is 12.8 Å². The molecule has 6 heteroatoms. The van der Waals surface area contributed by atoms with Crippen molar-refractivity contribution in [1.29, 1.82) is 0 Å². The van der Waals surface area contributed by atoms with Crippen LogP contribution in [0.1, 0.15) is 37.6 Å². The lowest BCUT2D eigenvalue weighted by atomic mass is 10.2. The zero-order valence-electron chi connectivity index (χ0n) is 13.6. The minimum absolute atomic E-state index is 0.0955. The smallest absolute Gasteiger partial charge is 0.335 e. The van der Waals surface area contributed by atoms with E-state index in [0.29, 0.717) is 6.54 Å². The molecule has 5 nitrogen and oxygen atoms in total. The highest BCUT2D eigenvalue weighted by Crippen LogP contribution is 2.35. The van der Waals surface area contributed by atoms with Crippen LogP contribution in [-0.2, 0) is 19.1 Å². The summed E-state index contributed by atoms with van der Waals surface area (Å²) in [6, 6.07) is 4.13. The molecule has 1 saturated heterocycles. The fourth-order valence-corrected chi connectivity index (χ4v) is 3.52. The number of thiophene rings is 1.